The number of amides is 1. The highest BCUT2D eigenvalue weighted by atomic mass is 19.4. The molecule has 1 aromatic heterocycles. The van der Waals surface area contributed by atoms with E-state index >= 15 is 0 Å². The van der Waals surface area contributed by atoms with Crippen molar-refractivity contribution in [3.63, 3.8) is 0 Å². The zero-order valence-electron chi connectivity index (χ0n) is 15.3. The summed E-state index contributed by atoms with van der Waals surface area (Å²) in [6, 6.07) is 4.84. The molecular weight excluding hydrogens is 373 g/mol. The molecule has 6 nitrogen and oxygen atoms in total. The van der Waals surface area contributed by atoms with E-state index in [1.54, 1.807) is 0 Å². The molecule has 2 aliphatic rings. The van der Waals surface area contributed by atoms with E-state index in [9.17, 15) is 18.0 Å². The molecule has 0 radical (unpaired) electrons. The summed E-state index contributed by atoms with van der Waals surface area (Å²) in [5.41, 5.74) is -0.513. The van der Waals surface area contributed by atoms with Crippen LogP contribution in [0, 0.1) is 5.92 Å². The van der Waals surface area contributed by atoms with Crippen molar-refractivity contribution in [1.29, 1.82) is 0 Å². The number of hydrogen-bond acceptors (Lipinski definition) is 5. The number of carbonyl (C=O) groups is 1. The summed E-state index contributed by atoms with van der Waals surface area (Å²) in [7, 11) is 0. The molecule has 2 aromatic rings. The van der Waals surface area contributed by atoms with Gasteiger partial charge in [0.05, 0.1) is 12.1 Å². The molecule has 1 aromatic carbocycles. The predicted octanol–water partition coefficient (Wildman–Crippen LogP) is 3.20. The van der Waals surface area contributed by atoms with Gasteiger partial charge in [-0.1, -0.05) is 17.6 Å². The van der Waals surface area contributed by atoms with Crippen LogP contribution in [0.4, 0.5) is 13.2 Å². The van der Waals surface area contributed by atoms with Crippen molar-refractivity contribution in [2.75, 3.05) is 26.2 Å². The number of nitrogens with zero attached hydrogens (tertiary/aromatic N) is 4. The molecule has 0 spiro atoms. The van der Waals surface area contributed by atoms with Gasteiger partial charge >= 0.3 is 6.18 Å². The van der Waals surface area contributed by atoms with Crippen molar-refractivity contribution in [2.24, 2.45) is 5.92 Å². The first-order chi connectivity index (χ1) is 13.4. The molecule has 1 saturated carbocycles. The minimum absolute atomic E-state index is 0.0693. The van der Waals surface area contributed by atoms with Gasteiger partial charge in [-0.15, -0.1) is 0 Å². The molecule has 2 heterocycles. The van der Waals surface area contributed by atoms with Crippen LogP contribution in [0.1, 0.15) is 30.7 Å². The first-order valence-corrected chi connectivity index (χ1v) is 9.41. The minimum Gasteiger partial charge on any atom is -0.340 e. The molecular formula is C19H21F3N4O2. The lowest BCUT2D eigenvalue weighted by molar-refractivity contribution is -0.140. The van der Waals surface area contributed by atoms with Crippen LogP contribution in [0.5, 0.6) is 0 Å². The molecule has 0 N–H and O–H groups in total. The Morgan fingerprint density at radius 3 is 2.57 bits per heavy atom. The second kappa shape index (κ2) is 7.54. The Labute approximate surface area is 160 Å². The van der Waals surface area contributed by atoms with Crippen molar-refractivity contribution < 1.29 is 22.5 Å². The van der Waals surface area contributed by atoms with E-state index < -0.39 is 11.7 Å². The Morgan fingerprint density at radius 2 is 1.93 bits per heavy atom. The maximum absolute atomic E-state index is 12.9. The summed E-state index contributed by atoms with van der Waals surface area (Å²) in [6.45, 7) is 3.22. The third-order valence-corrected chi connectivity index (χ3v) is 5.41. The molecule has 150 valence electrons. The van der Waals surface area contributed by atoms with E-state index in [0.717, 1.165) is 31.4 Å². The van der Waals surface area contributed by atoms with Crippen LogP contribution in [0.3, 0.4) is 0 Å². The van der Waals surface area contributed by atoms with Crippen LogP contribution in [-0.4, -0.2) is 52.0 Å². The number of aromatic nitrogens is 2. The second-order valence-corrected chi connectivity index (χ2v) is 7.32. The topological polar surface area (TPSA) is 62.5 Å². The van der Waals surface area contributed by atoms with E-state index in [1.165, 1.54) is 12.1 Å². The van der Waals surface area contributed by atoms with Crippen LogP contribution >= 0.6 is 0 Å². The van der Waals surface area contributed by atoms with E-state index in [2.05, 4.69) is 15.0 Å². The Hall–Kier alpha value is -2.42. The third kappa shape index (κ3) is 4.04. The Kier molecular flexibility index (Phi) is 5.09. The minimum atomic E-state index is -4.42. The highest BCUT2D eigenvalue weighted by Crippen LogP contribution is 2.32. The van der Waals surface area contributed by atoms with E-state index in [4.69, 9.17) is 4.52 Å². The van der Waals surface area contributed by atoms with Crippen molar-refractivity contribution in [3.8, 4) is 11.5 Å². The van der Waals surface area contributed by atoms with Gasteiger partial charge in [-0.05, 0) is 31.0 Å². The summed E-state index contributed by atoms with van der Waals surface area (Å²) >= 11 is 0. The molecule has 0 atom stereocenters. The summed E-state index contributed by atoms with van der Waals surface area (Å²) in [5, 5.41) is 3.89. The van der Waals surface area contributed by atoms with Gasteiger partial charge in [0.15, 0.2) is 5.82 Å². The number of benzene rings is 1. The Morgan fingerprint density at radius 1 is 1.18 bits per heavy atom. The van der Waals surface area contributed by atoms with Gasteiger partial charge in [-0.3, -0.25) is 9.69 Å². The number of carbonyl (C=O) groups excluding carboxylic acids is 1. The fraction of sp³-hybridized carbons (Fsp3) is 0.526. The smallest absolute Gasteiger partial charge is 0.340 e. The summed E-state index contributed by atoms with van der Waals surface area (Å²) < 4.78 is 43.7. The summed E-state index contributed by atoms with van der Waals surface area (Å²) in [4.78, 5) is 20.6. The van der Waals surface area contributed by atoms with Crippen LogP contribution < -0.4 is 0 Å². The van der Waals surface area contributed by atoms with Gasteiger partial charge in [0, 0.05) is 37.7 Å². The highest BCUT2D eigenvalue weighted by Gasteiger charge is 2.32. The summed E-state index contributed by atoms with van der Waals surface area (Å²) in [5.74, 6) is 0.960. The van der Waals surface area contributed by atoms with Gasteiger partial charge in [0.25, 0.3) is 5.89 Å². The molecule has 4 rings (SSSR count). The Balaban J connectivity index is 1.35. The first-order valence-electron chi connectivity index (χ1n) is 9.41. The SMILES string of the molecule is O=C(C1CCC1)N1CCN(Cc2noc(-c3cccc(C(F)(F)F)c3)n2)CC1. The van der Waals surface area contributed by atoms with Crippen molar-refractivity contribution in [1.82, 2.24) is 19.9 Å². The summed E-state index contributed by atoms with van der Waals surface area (Å²) in [6.07, 6.45) is -1.28. The number of piperazine rings is 1. The number of hydrogen-bond donors (Lipinski definition) is 0. The largest absolute Gasteiger partial charge is 0.416 e. The lowest BCUT2D eigenvalue weighted by Gasteiger charge is -2.37. The fourth-order valence-corrected chi connectivity index (χ4v) is 3.50. The number of rotatable bonds is 4. The van der Waals surface area contributed by atoms with Gasteiger partial charge in [0.1, 0.15) is 0 Å². The van der Waals surface area contributed by atoms with E-state index in [0.29, 0.717) is 38.5 Å². The third-order valence-electron chi connectivity index (χ3n) is 5.41. The maximum Gasteiger partial charge on any atom is 0.416 e. The predicted molar refractivity (Wildman–Crippen MR) is 93.9 cm³/mol. The molecule has 9 heteroatoms. The molecule has 0 bridgehead atoms. The van der Waals surface area contributed by atoms with Gasteiger partial charge in [-0.25, -0.2) is 0 Å². The van der Waals surface area contributed by atoms with Crippen molar-refractivity contribution in [3.05, 3.63) is 35.7 Å². The first kappa shape index (κ1) is 18.9. The molecule has 1 amide bonds. The van der Waals surface area contributed by atoms with Crippen LogP contribution in [-0.2, 0) is 17.5 Å². The zero-order chi connectivity index (χ0) is 19.7. The lowest BCUT2D eigenvalue weighted by atomic mass is 9.84. The molecule has 1 saturated heterocycles. The number of alkyl halides is 3. The van der Waals surface area contributed by atoms with Gasteiger partial charge in [0.2, 0.25) is 5.91 Å². The monoisotopic (exact) mass is 394 g/mol. The van der Waals surface area contributed by atoms with Crippen LogP contribution in [0.2, 0.25) is 0 Å². The quantitative estimate of drug-likeness (QED) is 0.797. The molecule has 28 heavy (non-hydrogen) atoms. The van der Waals surface area contributed by atoms with Crippen LogP contribution in [0.25, 0.3) is 11.5 Å². The van der Waals surface area contributed by atoms with E-state index in [-0.39, 0.29) is 23.3 Å². The van der Waals surface area contributed by atoms with Crippen LogP contribution in [0.15, 0.2) is 28.8 Å². The average molecular weight is 394 g/mol. The standard InChI is InChI=1S/C19H21F3N4O2/c20-19(21,22)15-6-2-5-14(11-15)17-23-16(24-28-17)12-25-7-9-26(10-8-25)18(27)13-3-1-4-13/h2,5-6,11,13H,1,3-4,7-10,12H2. The fourth-order valence-electron chi connectivity index (χ4n) is 3.50. The molecule has 0 unspecified atom stereocenters. The van der Waals surface area contributed by atoms with Crippen molar-refractivity contribution >= 4 is 5.91 Å². The Bertz CT molecular complexity index is 840. The normalized spacial score (nSPS) is 18.9. The maximum atomic E-state index is 12.9. The highest BCUT2D eigenvalue weighted by molar-refractivity contribution is 5.79. The van der Waals surface area contributed by atoms with Gasteiger partial charge in [-0.2, -0.15) is 18.2 Å². The molecule has 1 aliphatic heterocycles. The van der Waals surface area contributed by atoms with E-state index in [1.807, 2.05) is 4.90 Å². The second-order valence-electron chi connectivity index (χ2n) is 7.32. The molecule has 1 aliphatic carbocycles. The van der Waals surface area contributed by atoms with Crippen molar-refractivity contribution in [2.45, 2.75) is 32.0 Å². The molecule has 2 fully saturated rings. The lowest BCUT2D eigenvalue weighted by Crippen LogP contribution is -2.50. The average Bonchev–Trinajstić information content (AvgIpc) is 3.09. The zero-order valence-corrected chi connectivity index (χ0v) is 15.3. The van der Waals surface area contributed by atoms with Gasteiger partial charge < -0.3 is 9.42 Å². The number of halogens is 3.